The molecule has 0 radical (unpaired) electrons. The molecule has 1 aromatic heterocycles. The number of pyridine rings is 1. The molecule has 0 amide bonds. The molecule has 0 unspecified atom stereocenters. The number of fused-ring (bicyclic) bond motifs is 1. The second-order valence-corrected chi connectivity index (χ2v) is 5.56. The van der Waals surface area contributed by atoms with Gasteiger partial charge in [-0.2, -0.15) is 0 Å². The maximum Gasteiger partial charge on any atom is 0.302 e. The summed E-state index contributed by atoms with van der Waals surface area (Å²) < 4.78 is 12.4. The molecule has 130 valence electrons. The van der Waals surface area contributed by atoms with Gasteiger partial charge < -0.3 is 19.8 Å². The minimum Gasteiger partial charge on any atom is -0.494 e. The van der Waals surface area contributed by atoms with Crippen LogP contribution in [0.4, 0.5) is 0 Å². The molecule has 0 aliphatic carbocycles. The minimum absolute atomic E-state index is 0.0125. The van der Waals surface area contributed by atoms with Crippen molar-refractivity contribution in [2.75, 3.05) is 13.2 Å². The van der Waals surface area contributed by atoms with Crippen molar-refractivity contribution in [1.82, 2.24) is 4.57 Å². The fourth-order valence-corrected chi connectivity index (χ4v) is 2.53. The van der Waals surface area contributed by atoms with Crippen molar-refractivity contribution in [2.24, 2.45) is 5.73 Å². The average molecular weight is 332 g/mol. The van der Waals surface area contributed by atoms with E-state index in [1.54, 1.807) is 10.6 Å². The second kappa shape index (κ2) is 8.49. The Kier molecular flexibility index (Phi) is 6.37. The van der Waals surface area contributed by atoms with Gasteiger partial charge in [-0.1, -0.05) is 0 Å². The van der Waals surface area contributed by atoms with Gasteiger partial charge in [0.2, 0.25) is 0 Å². The number of aryl methyl sites for hydroxylation is 1. The van der Waals surface area contributed by atoms with Gasteiger partial charge in [-0.3, -0.25) is 9.59 Å². The van der Waals surface area contributed by atoms with Gasteiger partial charge >= 0.3 is 5.97 Å². The fraction of sp³-hybridized carbons (Fsp3) is 0.444. The number of rotatable bonds is 8. The first-order valence-corrected chi connectivity index (χ1v) is 8.19. The van der Waals surface area contributed by atoms with E-state index in [1.165, 1.54) is 6.92 Å². The summed E-state index contributed by atoms with van der Waals surface area (Å²) in [5.74, 6) is 0.327. The van der Waals surface area contributed by atoms with Gasteiger partial charge in [0.1, 0.15) is 12.4 Å². The number of carbonyl (C=O) groups excluding carboxylic acids is 1. The maximum absolute atomic E-state index is 12.6. The Balaban J connectivity index is 2.32. The Morgan fingerprint density at radius 1 is 1.25 bits per heavy atom. The van der Waals surface area contributed by atoms with Gasteiger partial charge in [-0.05, 0) is 49.9 Å². The van der Waals surface area contributed by atoms with E-state index in [0.717, 1.165) is 29.5 Å². The quantitative estimate of drug-likeness (QED) is 0.592. The SMILES string of the molecule is CCn1c(=O)c(COC(C)=O)cc2ccc(OCCCCN)cc21. The lowest BCUT2D eigenvalue weighted by Crippen LogP contribution is -2.24. The molecule has 0 aliphatic heterocycles. The van der Waals surface area contributed by atoms with Crippen LogP contribution in [0.2, 0.25) is 0 Å². The molecule has 0 fully saturated rings. The van der Waals surface area contributed by atoms with Crippen molar-refractivity contribution in [3.63, 3.8) is 0 Å². The molecular weight excluding hydrogens is 308 g/mol. The highest BCUT2D eigenvalue weighted by Gasteiger charge is 2.10. The fourth-order valence-electron chi connectivity index (χ4n) is 2.53. The first-order chi connectivity index (χ1) is 11.6. The van der Waals surface area contributed by atoms with Crippen molar-refractivity contribution in [3.8, 4) is 5.75 Å². The Hall–Kier alpha value is -2.34. The molecule has 2 aromatic rings. The van der Waals surface area contributed by atoms with Gasteiger partial charge in [-0.25, -0.2) is 0 Å². The molecule has 1 aromatic carbocycles. The molecule has 0 atom stereocenters. The summed E-state index contributed by atoms with van der Waals surface area (Å²) in [7, 11) is 0. The molecular formula is C18H24N2O4. The maximum atomic E-state index is 12.6. The molecule has 2 rings (SSSR count). The van der Waals surface area contributed by atoms with Crippen molar-refractivity contribution in [1.29, 1.82) is 0 Å². The zero-order chi connectivity index (χ0) is 17.5. The van der Waals surface area contributed by atoms with Crippen LogP contribution in [0.25, 0.3) is 10.9 Å². The van der Waals surface area contributed by atoms with Crippen LogP contribution in [0.15, 0.2) is 29.1 Å². The van der Waals surface area contributed by atoms with Crippen LogP contribution in [0.5, 0.6) is 5.75 Å². The first-order valence-electron chi connectivity index (χ1n) is 8.19. The van der Waals surface area contributed by atoms with E-state index in [0.29, 0.717) is 25.3 Å². The molecule has 6 nitrogen and oxygen atoms in total. The average Bonchev–Trinajstić information content (AvgIpc) is 2.57. The summed E-state index contributed by atoms with van der Waals surface area (Å²) in [6.45, 7) is 5.01. The minimum atomic E-state index is -0.404. The summed E-state index contributed by atoms with van der Waals surface area (Å²) in [4.78, 5) is 23.5. The molecule has 0 aliphatic rings. The zero-order valence-electron chi connectivity index (χ0n) is 14.2. The number of carbonyl (C=O) groups is 1. The molecule has 6 heteroatoms. The van der Waals surface area contributed by atoms with Gasteiger partial charge in [-0.15, -0.1) is 0 Å². The number of benzene rings is 1. The Morgan fingerprint density at radius 2 is 2.04 bits per heavy atom. The van der Waals surface area contributed by atoms with Crippen LogP contribution in [0.1, 0.15) is 32.3 Å². The summed E-state index contributed by atoms with van der Waals surface area (Å²) in [5.41, 5.74) is 6.60. The summed E-state index contributed by atoms with van der Waals surface area (Å²) in [6, 6.07) is 7.44. The van der Waals surface area contributed by atoms with E-state index in [1.807, 2.05) is 25.1 Å². The van der Waals surface area contributed by atoms with E-state index in [2.05, 4.69) is 0 Å². The smallest absolute Gasteiger partial charge is 0.302 e. The number of hydrogen-bond acceptors (Lipinski definition) is 5. The molecule has 24 heavy (non-hydrogen) atoms. The molecule has 0 saturated heterocycles. The number of unbranched alkanes of at least 4 members (excludes halogenated alkanes) is 1. The Bertz CT molecular complexity index is 767. The number of nitrogens with zero attached hydrogens (tertiary/aromatic N) is 1. The van der Waals surface area contributed by atoms with E-state index in [4.69, 9.17) is 15.2 Å². The van der Waals surface area contributed by atoms with Crippen molar-refractivity contribution in [2.45, 2.75) is 39.8 Å². The summed E-state index contributed by atoms with van der Waals surface area (Å²) >= 11 is 0. The number of ether oxygens (including phenoxy) is 2. The predicted octanol–water partition coefficient (Wildman–Crippen LogP) is 2.20. The number of hydrogen-bond donors (Lipinski definition) is 1. The van der Waals surface area contributed by atoms with E-state index in [-0.39, 0.29) is 12.2 Å². The Labute approximate surface area is 141 Å². The van der Waals surface area contributed by atoms with E-state index in [9.17, 15) is 9.59 Å². The third kappa shape index (κ3) is 4.35. The topological polar surface area (TPSA) is 83.5 Å². The highest BCUT2D eigenvalue weighted by molar-refractivity contribution is 5.81. The summed E-state index contributed by atoms with van der Waals surface area (Å²) in [6.07, 6.45) is 1.82. The van der Waals surface area contributed by atoms with Gasteiger partial charge in [0.15, 0.2) is 0 Å². The van der Waals surface area contributed by atoms with Crippen LogP contribution in [-0.4, -0.2) is 23.7 Å². The monoisotopic (exact) mass is 332 g/mol. The van der Waals surface area contributed by atoms with Crippen LogP contribution in [0.3, 0.4) is 0 Å². The lowest BCUT2D eigenvalue weighted by Gasteiger charge is -2.13. The van der Waals surface area contributed by atoms with Crippen molar-refractivity contribution >= 4 is 16.9 Å². The van der Waals surface area contributed by atoms with Gasteiger partial charge in [0.05, 0.1) is 17.7 Å². The number of esters is 1. The van der Waals surface area contributed by atoms with Crippen LogP contribution >= 0.6 is 0 Å². The largest absolute Gasteiger partial charge is 0.494 e. The van der Waals surface area contributed by atoms with Crippen LogP contribution in [0, 0.1) is 0 Å². The number of nitrogens with two attached hydrogens (primary N) is 1. The normalized spacial score (nSPS) is 10.8. The number of aromatic nitrogens is 1. The molecule has 0 spiro atoms. The second-order valence-electron chi connectivity index (χ2n) is 5.56. The lowest BCUT2D eigenvalue weighted by molar-refractivity contribution is -0.142. The van der Waals surface area contributed by atoms with E-state index < -0.39 is 5.97 Å². The standard InChI is InChI=1S/C18H24N2O4/c1-3-20-17-11-16(23-9-5-4-8-19)7-6-14(17)10-15(18(20)22)12-24-13(2)21/h6-7,10-11H,3-5,8-9,12,19H2,1-2H3. The molecule has 2 N–H and O–H groups in total. The molecule has 0 bridgehead atoms. The summed E-state index contributed by atoms with van der Waals surface area (Å²) in [5, 5.41) is 0.910. The third-order valence-corrected chi connectivity index (χ3v) is 3.76. The highest BCUT2D eigenvalue weighted by Crippen LogP contribution is 2.21. The predicted molar refractivity (Wildman–Crippen MR) is 93.1 cm³/mol. The van der Waals surface area contributed by atoms with Gasteiger partial charge in [0, 0.05) is 19.5 Å². The highest BCUT2D eigenvalue weighted by atomic mass is 16.5. The molecule has 1 heterocycles. The van der Waals surface area contributed by atoms with Gasteiger partial charge in [0.25, 0.3) is 5.56 Å². The van der Waals surface area contributed by atoms with Crippen molar-refractivity contribution in [3.05, 3.63) is 40.2 Å². The van der Waals surface area contributed by atoms with Crippen molar-refractivity contribution < 1.29 is 14.3 Å². The van der Waals surface area contributed by atoms with E-state index >= 15 is 0 Å². The molecule has 0 saturated carbocycles. The first kappa shape index (κ1) is 18.0. The third-order valence-electron chi connectivity index (χ3n) is 3.76. The zero-order valence-corrected chi connectivity index (χ0v) is 14.2. The Morgan fingerprint density at radius 3 is 2.71 bits per heavy atom. The van der Waals surface area contributed by atoms with Crippen LogP contribution in [-0.2, 0) is 22.7 Å². The van der Waals surface area contributed by atoms with Crippen LogP contribution < -0.4 is 16.0 Å². The lowest BCUT2D eigenvalue weighted by atomic mass is 10.1.